The van der Waals surface area contributed by atoms with Crippen LogP contribution in [0.2, 0.25) is 0 Å². The molecule has 0 aromatic rings. The number of carboxylic acid groups (broad SMARTS) is 1. The standard InChI is InChI=1S/C45H75N3O34/c1-11(55)46-21-14(58)4-45(44(70)71,81-37(21)24(60)15(59)5-49)82-38-32(68)43(76-20(10-54)35(38)79-40-22(47-12(2)56)27(63)25(61)16(6-50)73-40)80-36-23(48-13(3)57)41(74-17(7-51)26(36)62)77-34-19(9-53)75-42(31(67)29(34)65)78-33-18(8-52)72-39(69)30(66)28(33)64/h14-43,49-54,58-69H,4-10H2,1-3H3,(H,46,55)(H,47,56)(H,48,57)(H,70,71)/t14-,15+,16+,17+,18+,19+,20+,21+,22+,23+,24+,25-,26-,27+,28+,29+,30+,31+,32+,33+,34-,35-,36+,37+,38+,39?,40-,41-,42-,43-,45-/m0/s1. The molecule has 0 aromatic carbocycles. The first-order chi connectivity index (χ1) is 38.6. The molecule has 6 aliphatic heterocycles. The molecular weight excluding hydrogens is 1130 g/mol. The van der Waals surface area contributed by atoms with Crippen molar-refractivity contribution >= 4 is 23.7 Å². The molecule has 0 radical (unpaired) electrons. The number of aliphatic carboxylic acids is 1. The smallest absolute Gasteiger partial charge is 0.364 e. The van der Waals surface area contributed by atoms with Crippen LogP contribution in [0.4, 0.5) is 0 Å². The monoisotopic (exact) mass is 1200 g/mol. The first-order valence-corrected chi connectivity index (χ1v) is 25.7. The number of carbonyl (C=O) groups is 4. The quantitative estimate of drug-likeness (QED) is 0.0479. The summed E-state index contributed by atoms with van der Waals surface area (Å²) in [6, 6.07) is -5.51. The highest BCUT2D eigenvalue weighted by Gasteiger charge is 2.62. The van der Waals surface area contributed by atoms with Crippen molar-refractivity contribution in [1.82, 2.24) is 16.0 Å². The first-order valence-electron chi connectivity index (χ1n) is 25.7. The Morgan fingerprint density at radius 1 is 0.476 bits per heavy atom. The van der Waals surface area contributed by atoms with E-state index in [9.17, 15) is 116 Å². The summed E-state index contributed by atoms with van der Waals surface area (Å²) in [5, 5.41) is 212. The molecule has 0 aliphatic carbocycles. The number of rotatable bonds is 22. The fourth-order valence-corrected chi connectivity index (χ4v) is 10.4. The van der Waals surface area contributed by atoms with Crippen molar-refractivity contribution in [2.24, 2.45) is 0 Å². The van der Waals surface area contributed by atoms with Gasteiger partial charge in [0.05, 0.1) is 51.8 Å². The molecule has 1 unspecified atom stereocenters. The topological polar surface area (TPSA) is 590 Å². The van der Waals surface area contributed by atoms with Crippen LogP contribution in [0.3, 0.4) is 0 Å². The summed E-state index contributed by atoms with van der Waals surface area (Å²) in [5.74, 6) is -8.28. The Labute approximate surface area is 463 Å². The van der Waals surface area contributed by atoms with Gasteiger partial charge in [0.2, 0.25) is 17.7 Å². The maximum Gasteiger partial charge on any atom is 0.364 e. The van der Waals surface area contributed by atoms with Gasteiger partial charge in [-0.3, -0.25) is 14.4 Å². The lowest BCUT2D eigenvalue weighted by molar-refractivity contribution is -0.400. The fraction of sp³-hybridized carbons (Fsp3) is 0.911. The summed E-state index contributed by atoms with van der Waals surface area (Å²) in [5.41, 5.74) is 0. The summed E-state index contributed by atoms with van der Waals surface area (Å²) in [7, 11) is 0. The van der Waals surface area contributed by atoms with E-state index in [0.29, 0.717) is 0 Å². The van der Waals surface area contributed by atoms with Crippen LogP contribution < -0.4 is 16.0 Å². The summed E-state index contributed by atoms with van der Waals surface area (Å²) in [6.45, 7) is -3.78. The zero-order valence-corrected chi connectivity index (χ0v) is 43.9. The second-order valence-corrected chi connectivity index (χ2v) is 20.4. The molecule has 22 N–H and O–H groups in total. The molecule has 37 heteroatoms. The molecule has 0 spiro atoms. The van der Waals surface area contributed by atoms with Crippen LogP contribution in [0.1, 0.15) is 27.2 Å². The summed E-state index contributed by atoms with van der Waals surface area (Å²) in [6.07, 6.45) is -57.3. The Bertz CT molecular complexity index is 2090. The molecule has 474 valence electrons. The van der Waals surface area contributed by atoms with E-state index in [4.69, 9.17) is 52.1 Å². The van der Waals surface area contributed by atoms with E-state index in [1.807, 2.05) is 0 Å². The first kappa shape index (κ1) is 67.8. The van der Waals surface area contributed by atoms with Crippen LogP contribution in [0, 0.1) is 0 Å². The molecular formula is C45H75N3O34. The molecule has 37 nitrogen and oxygen atoms in total. The van der Waals surface area contributed by atoms with Gasteiger partial charge in [0.15, 0.2) is 31.5 Å². The average molecular weight is 1200 g/mol. The minimum Gasteiger partial charge on any atom is -0.477 e. The molecule has 0 bridgehead atoms. The van der Waals surface area contributed by atoms with Crippen LogP contribution in [0.25, 0.3) is 0 Å². The largest absolute Gasteiger partial charge is 0.477 e. The highest BCUT2D eigenvalue weighted by atomic mass is 16.8. The number of hydrogen-bond donors (Lipinski definition) is 22. The maximum absolute atomic E-state index is 13.6. The third kappa shape index (κ3) is 14.6. The van der Waals surface area contributed by atoms with Crippen molar-refractivity contribution in [3.8, 4) is 0 Å². The van der Waals surface area contributed by atoms with E-state index in [1.165, 1.54) is 0 Å². The molecule has 31 atom stereocenters. The minimum atomic E-state index is -3.38. The van der Waals surface area contributed by atoms with E-state index in [1.54, 1.807) is 0 Å². The molecule has 6 rings (SSSR count). The Balaban J connectivity index is 1.38. The van der Waals surface area contributed by atoms with Gasteiger partial charge in [0.1, 0.15) is 140 Å². The van der Waals surface area contributed by atoms with Crippen molar-refractivity contribution in [2.45, 2.75) is 217 Å². The minimum absolute atomic E-state index is 0.876. The molecule has 82 heavy (non-hydrogen) atoms. The van der Waals surface area contributed by atoms with E-state index in [0.717, 1.165) is 20.8 Å². The van der Waals surface area contributed by atoms with Gasteiger partial charge in [-0.05, 0) is 0 Å². The van der Waals surface area contributed by atoms with Crippen LogP contribution in [0.5, 0.6) is 0 Å². The van der Waals surface area contributed by atoms with E-state index in [-0.39, 0.29) is 0 Å². The highest BCUT2D eigenvalue weighted by molar-refractivity contribution is 5.77. The van der Waals surface area contributed by atoms with Gasteiger partial charge >= 0.3 is 5.97 Å². The Morgan fingerprint density at radius 3 is 1.43 bits per heavy atom. The summed E-state index contributed by atoms with van der Waals surface area (Å²) < 4.78 is 63.9. The maximum atomic E-state index is 13.6. The molecule has 6 saturated heterocycles. The van der Waals surface area contributed by atoms with Crippen molar-refractivity contribution < 1.29 is 168 Å². The average Bonchev–Trinajstić information content (AvgIpc) is 2.24. The predicted octanol–water partition coefficient (Wildman–Crippen LogP) is -14.5. The molecule has 0 saturated carbocycles. The number of aliphatic hydroxyl groups is 18. The van der Waals surface area contributed by atoms with Crippen LogP contribution in [-0.2, 0) is 71.3 Å². The second-order valence-electron chi connectivity index (χ2n) is 20.4. The van der Waals surface area contributed by atoms with Gasteiger partial charge in [-0.15, -0.1) is 0 Å². The number of carboxylic acids is 1. The van der Waals surface area contributed by atoms with Gasteiger partial charge in [0.25, 0.3) is 5.79 Å². The number of ether oxygens (including phenoxy) is 11. The van der Waals surface area contributed by atoms with Crippen molar-refractivity contribution in [3.63, 3.8) is 0 Å². The van der Waals surface area contributed by atoms with Gasteiger partial charge in [0, 0.05) is 27.2 Å². The Hall–Kier alpha value is -3.28. The molecule has 6 aliphatic rings. The number of carbonyl (C=O) groups excluding carboxylic acids is 3. The summed E-state index contributed by atoms with van der Waals surface area (Å²) in [4.78, 5) is 51.2. The Kier molecular flexibility index (Phi) is 23.9. The number of hydrogen-bond acceptors (Lipinski definition) is 33. The molecule has 6 heterocycles. The van der Waals surface area contributed by atoms with E-state index < -0.39 is 259 Å². The lowest BCUT2D eigenvalue weighted by Gasteiger charge is -2.53. The molecule has 6 fully saturated rings. The van der Waals surface area contributed by atoms with Crippen LogP contribution >= 0.6 is 0 Å². The number of aliphatic hydroxyl groups excluding tert-OH is 18. The number of nitrogens with one attached hydrogen (secondary N) is 3. The van der Waals surface area contributed by atoms with E-state index in [2.05, 4.69) is 16.0 Å². The highest BCUT2D eigenvalue weighted by Crippen LogP contribution is 2.41. The van der Waals surface area contributed by atoms with Gasteiger partial charge < -0.3 is 165 Å². The lowest BCUT2D eigenvalue weighted by atomic mass is 9.88. The SMILES string of the molecule is CC(=O)N[C@H]1[C@H](O[C@@H]2[C@H](O[C@]3(C(=O)O)C[C@H](O)[C@@H](NC(C)=O)[C@H]([C@H](O)[C@H](O)CO)O3)[C@@H](O)[C@H](O[C@H]3[C@@H](O)[C@@H](CO)O[C@@H](O[C@@H]4[C@H](O)[C@@H](O)[C@H](O[C@H]5[C@H](O)[C@@H](O)C(O)O[C@@H]5CO)O[C@@H]4CO)[C@@H]3NC(C)=O)O[C@@H]2CO)O[C@H](CO)[C@H](O)[C@@H]1O. The zero-order chi connectivity index (χ0) is 61.0. The van der Waals surface area contributed by atoms with Gasteiger partial charge in [-0.25, -0.2) is 4.79 Å². The Morgan fingerprint density at radius 2 is 0.902 bits per heavy atom. The van der Waals surface area contributed by atoms with Crippen molar-refractivity contribution in [1.29, 1.82) is 0 Å². The lowest BCUT2D eigenvalue weighted by Crippen LogP contribution is -2.72. The van der Waals surface area contributed by atoms with E-state index >= 15 is 0 Å². The summed E-state index contributed by atoms with van der Waals surface area (Å²) >= 11 is 0. The van der Waals surface area contributed by atoms with Gasteiger partial charge in [-0.2, -0.15) is 0 Å². The van der Waals surface area contributed by atoms with Gasteiger partial charge in [-0.1, -0.05) is 0 Å². The zero-order valence-electron chi connectivity index (χ0n) is 43.9. The second kappa shape index (κ2) is 28.9. The third-order valence-corrected chi connectivity index (χ3v) is 14.6. The number of amides is 3. The fourth-order valence-electron chi connectivity index (χ4n) is 10.4. The normalized spacial score (nSPS) is 46.3. The molecule has 0 aromatic heterocycles. The van der Waals surface area contributed by atoms with Crippen molar-refractivity contribution in [2.75, 3.05) is 39.6 Å². The predicted molar refractivity (Wildman–Crippen MR) is 251 cm³/mol. The van der Waals surface area contributed by atoms with Crippen molar-refractivity contribution in [3.05, 3.63) is 0 Å². The third-order valence-electron chi connectivity index (χ3n) is 14.6. The molecule has 3 amide bonds. The van der Waals surface area contributed by atoms with Crippen LogP contribution in [-0.4, -0.2) is 350 Å². The van der Waals surface area contributed by atoms with Crippen LogP contribution in [0.15, 0.2) is 0 Å².